The number of para-hydroxylation sites is 1. The second kappa shape index (κ2) is 12.2. The molecule has 0 radical (unpaired) electrons. The number of aromatic carboxylic acids is 1. The van der Waals surface area contributed by atoms with Crippen molar-refractivity contribution >= 4 is 40.7 Å². The monoisotopic (exact) mass is 528 g/mol. The number of carbonyl (C=O) groups is 2. The van der Waals surface area contributed by atoms with Crippen molar-refractivity contribution in [1.29, 1.82) is 0 Å². The first-order valence-electron chi connectivity index (χ1n) is 13.0. The molecule has 1 aliphatic rings. The van der Waals surface area contributed by atoms with Gasteiger partial charge in [0, 0.05) is 17.6 Å². The molecule has 3 atom stereocenters. The first kappa shape index (κ1) is 27.4. The molecule has 6 heteroatoms. The fourth-order valence-electron chi connectivity index (χ4n) is 5.60. The summed E-state index contributed by atoms with van der Waals surface area (Å²) in [5, 5.41) is 18.6. The number of carboxylic acids is 1. The number of halogens is 1. The van der Waals surface area contributed by atoms with Crippen LogP contribution in [-0.4, -0.2) is 23.0 Å². The summed E-state index contributed by atoms with van der Waals surface area (Å²) in [5.41, 5.74) is 3.46. The lowest BCUT2D eigenvalue weighted by Crippen LogP contribution is -2.35. The normalized spacial score (nSPS) is 17.8. The van der Waals surface area contributed by atoms with Crippen molar-refractivity contribution < 1.29 is 14.7 Å². The van der Waals surface area contributed by atoms with Crippen molar-refractivity contribution in [2.75, 3.05) is 5.32 Å². The van der Waals surface area contributed by atoms with Gasteiger partial charge in [0.05, 0.1) is 11.3 Å². The van der Waals surface area contributed by atoms with Crippen LogP contribution in [0.4, 0.5) is 5.69 Å². The number of rotatable bonds is 7. The van der Waals surface area contributed by atoms with E-state index in [1.807, 2.05) is 24.3 Å². The van der Waals surface area contributed by atoms with Gasteiger partial charge in [0.25, 0.3) is 5.91 Å². The van der Waals surface area contributed by atoms with Gasteiger partial charge in [0.1, 0.15) is 0 Å². The Hall–Kier alpha value is -3.67. The van der Waals surface area contributed by atoms with Crippen LogP contribution in [0.2, 0.25) is 0 Å². The average molecular weight is 529 g/mol. The van der Waals surface area contributed by atoms with Crippen LogP contribution in [0.5, 0.6) is 0 Å². The van der Waals surface area contributed by atoms with Gasteiger partial charge < -0.3 is 15.7 Å². The van der Waals surface area contributed by atoms with E-state index in [0.29, 0.717) is 23.2 Å². The number of nitrogens with one attached hydrogen (secondary N) is 2. The first-order valence-corrected chi connectivity index (χ1v) is 13.0. The molecule has 5 rings (SSSR count). The standard InChI is InChI=1S/C32H32N2O3.ClH/c1-21(27-14-7-9-23-8-2-3-12-28(23)27)33-26-11-6-10-25(20-26)22-16-18-24(19-17-22)31(35)34-30-15-5-4-13-29(30)32(36)37;/h2-5,7-9,12-19,21,25-26,33H,6,10-11,20H2,1H3,(H,34,35)(H,36,37);1H/t21-,25+,26+;/m1./s1. The Morgan fingerprint density at radius 1 is 0.868 bits per heavy atom. The minimum absolute atomic E-state index is 0. The van der Waals surface area contributed by atoms with E-state index < -0.39 is 5.97 Å². The molecule has 0 bridgehead atoms. The molecule has 0 spiro atoms. The van der Waals surface area contributed by atoms with Gasteiger partial charge in [0.2, 0.25) is 0 Å². The molecule has 0 aromatic heterocycles. The summed E-state index contributed by atoms with van der Waals surface area (Å²) in [6.07, 6.45) is 4.53. The largest absolute Gasteiger partial charge is 0.478 e. The van der Waals surface area contributed by atoms with Gasteiger partial charge in [-0.1, -0.05) is 73.2 Å². The Kier molecular flexibility index (Phi) is 8.82. The molecule has 0 heterocycles. The molecule has 1 fully saturated rings. The molecule has 5 nitrogen and oxygen atoms in total. The number of hydrogen-bond acceptors (Lipinski definition) is 3. The van der Waals surface area contributed by atoms with Crippen LogP contribution >= 0.6 is 12.4 Å². The predicted octanol–water partition coefficient (Wildman–Crippen LogP) is 7.59. The van der Waals surface area contributed by atoms with E-state index in [9.17, 15) is 14.7 Å². The Labute approximate surface area is 229 Å². The van der Waals surface area contributed by atoms with Crippen molar-refractivity contribution in [3.05, 3.63) is 113 Å². The van der Waals surface area contributed by atoms with E-state index in [4.69, 9.17) is 0 Å². The molecule has 0 unspecified atom stereocenters. The van der Waals surface area contributed by atoms with Crippen molar-refractivity contribution in [3.8, 4) is 0 Å². The van der Waals surface area contributed by atoms with Gasteiger partial charge in [-0.2, -0.15) is 0 Å². The maximum atomic E-state index is 12.8. The van der Waals surface area contributed by atoms with Gasteiger partial charge in [-0.15, -0.1) is 12.4 Å². The Balaban J connectivity index is 0.00000336. The van der Waals surface area contributed by atoms with E-state index in [1.54, 1.807) is 18.2 Å². The van der Waals surface area contributed by atoms with E-state index in [1.165, 1.54) is 34.4 Å². The van der Waals surface area contributed by atoms with Gasteiger partial charge in [0.15, 0.2) is 0 Å². The Morgan fingerprint density at radius 3 is 2.37 bits per heavy atom. The number of benzene rings is 4. The fraction of sp³-hybridized carbons (Fsp3) is 0.250. The van der Waals surface area contributed by atoms with Crippen LogP contribution in [0.1, 0.15) is 76.4 Å². The summed E-state index contributed by atoms with van der Waals surface area (Å²) in [6.45, 7) is 2.25. The van der Waals surface area contributed by atoms with E-state index >= 15 is 0 Å². The zero-order valence-electron chi connectivity index (χ0n) is 21.4. The zero-order valence-corrected chi connectivity index (χ0v) is 22.2. The quantitative estimate of drug-likeness (QED) is 0.231. The number of anilines is 1. The molecule has 1 aliphatic carbocycles. The number of carboxylic acid groups (broad SMARTS) is 1. The molecule has 1 saturated carbocycles. The SMILES string of the molecule is C[C@@H](N[C@H]1CCC[C@H](c2ccc(C(=O)Nc3ccccc3C(=O)O)cc2)C1)c1cccc2ccccc12.Cl. The minimum atomic E-state index is -1.07. The average Bonchev–Trinajstić information content (AvgIpc) is 2.93. The number of amides is 1. The van der Waals surface area contributed by atoms with Gasteiger partial charge in [-0.3, -0.25) is 4.79 Å². The van der Waals surface area contributed by atoms with E-state index in [0.717, 1.165) is 19.3 Å². The minimum Gasteiger partial charge on any atom is -0.478 e. The third-order valence-electron chi connectivity index (χ3n) is 7.50. The highest BCUT2D eigenvalue weighted by molar-refractivity contribution is 6.07. The first-order chi connectivity index (χ1) is 18.0. The third kappa shape index (κ3) is 6.07. The maximum Gasteiger partial charge on any atom is 0.337 e. The molecule has 4 aromatic carbocycles. The third-order valence-corrected chi connectivity index (χ3v) is 7.50. The number of carbonyl (C=O) groups excluding carboxylic acids is 1. The topological polar surface area (TPSA) is 78.4 Å². The van der Waals surface area contributed by atoms with Gasteiger partial charge >= 0.3 is 5.97 Å². The van der Waals surface area contributed by atoms with Crippen LogP contribution in [-0.2, 0) is 0 Å². The second-order valence-electron chi connectivity index (χ2n) is 9.94. The van der Waals surface area contributed by atoms with Crippen molar-refractivity contribution in [2.45, 2.75) is 50.6 Å². The lowest BCUT2D eigenvalue weighted by atomic mass is 9.80. The smallest absolute Gasteiger partial charge is 0.337 e. The molecule has 0 aliphatic heterocycles. The van der Waals surface area contributed by atoms with Crippen molar-refractivity contribution in [1.82, 2.24) is 5.32 Å². The second-order valence-corrected chi connectivity index (χ2v) is 9.94. The molecule has 3 N–H and O–H groups in total. The summed E-state index contributed by atoms with van der Waals surface area (Å²) < 4.78 is 0. The molecule has 196 valence electrons. The van der Waals surface area contributed by atoms with Gasteiger partial charge in [-0.05, 0) is 78.3 Å². The van der Waals surface area contributed by atoms with Crippen LogP contribution in [0.25, 0.3) is 10.8 Å². The summed E-state index contributed by atoms with van der Waals surface area (Å²) in [6, 6.07) is 29.9. The predicted molar refractivity (Wildman–Crippen MR) is 156 cm³/mol. The summed E-state index contributed by atoms with van der Waals surface area (Å²) >= 11 is 0. The van der Waals surface area contributed by atoms with Crippen molar-refractivity contribution in [2.24, 2.45) is 0 Å². The summed E-state index contributed by atoms with van der Waals surface area (Å²) in [5.74, 6) is -0.940. The van der Waals surface area contributed by atoms with Crippen LogP contribution in [0.15, 0.2) is 91.0 Å². The zero-order chi connectivity index (χ0) is 25.8. The van der Waals surface area contributed by atoms with Gasteiger partial charge in [-0.25, -0.2) is 4.79 Å². The lowest BCUT2D eigenvalue weighted by Gasteiger charge is -2.32. The molecular weight excluding hydrogens is 496 g/mol. The Bertz CT molecular complexity index is 1410. The molecule has 0 saturated heterocycles. The molecular formula is C32H33ClN2O3. The molecule has 38 heavy (non-hydrogen) atoms. The summed E-state index contributed by atoms with van der Waals surface area (Å²) in [7, 11) is 0. The van der Waals surface area contributed by atoms with Crippen molar-refractivity contribution in [3.63, 3.8) is 0 Å². The number of hydrogen-bond donors (Lipinski definition) is 3. The van der Waals surface area contributed by atoms with Crippen LogP contribution < -0.4 is 10.6 Å². The lowest BCUT2D eigenvalue weighted by molar-refractivity contribution is 0.0698. The number of fused-ring (bicyclic) bond motifs is 1. The highest BCUT2D eigenvalue weighted by Gasteiger charge is 2.25. The van der Waals surface area contributed by atoms with Crippen LogP contribution in [0, 0.1) is 0 Å². The molecule has 4 aromatic rings. The maximum absolute atomic E-state index is 12.8. The van der Waals surface area contributed by atoms with E-state index in [-0.39, 0.29) is 29.9 Å². The molecule has 1 amide bonds. The summed E-state index contributed by atoms with van der Waals surface area (Å²) in [4.78, 5) is 24.2. The van der Waals surface area contributed by atoms with E-state index in [2.05, 4.69) is 60.0 Å². The fourth-order valence-corrected chi connectivity index (χ4v) is 5.60. The highest BCUT2D eigenvalue weighted by Crippen LogP contribution is 2.35. The highest BCUT2D eigenvalue weighted by atomic mass is 35.5. The Morgan fingerprint density at radius 2 is 1.58 bits per heavy atom. The van der Waals surface area contributed by atoms with Crippen LogP contribution in [0.3, 0.4) is 0 Å².